The van der Waals surface area contributed by atoms with Crippen molar-refractivity contribution in [1.82, 2.24) is 14.8 Å². The van der Waals surface area contributed by atoms with Gasteiger partial charge in [0.15, 0.2) is 5.82 Å². The van der Waals surface area contributed by atoms with Crippen molar-refractivity contribution >= 4 is 31.9 Å². The largest absolute Gasteiger partial charge is 0.311 e. The number of rotatable bonds is 3. The zero-order chi connectivity index (χ0) is 11.5. The molecule has 1 aromatic carbocycles. The summed E-state index contributed by atoms with van der Waals surface area (Å²) in [5.74, 6) is 1.86. The van der Waals surface area contributed by atoms with Crippen molar-refractivity contribution in [2.45, 2.75) is 18.8 Å². The highest BCUT2D eigenvalue weighted by Gasteiger charge is 2.13. The van der Waals surface area contributed by atoms with Crippen molar-refractivity contribution < 1.29 is 0 Å². The summed E-state index contributed by atoms with van der Waals surface area (Å²) in [6.45, 7) is 2.96. The molecule has 0 amide bonds. The van der Waals surface area contributed by atoms with Crippen LogP contribution in [0.2, 0.25) is 0 Å². The Balaban J connectivity index is 2.56. The smallest absolute Gasteiger partial charge is 0.165 e. The molecule has 84 valence electrons. The van der Waals surface area contributed by atoms with E-state index in [4.69, 9.17) is 0 Å². The summed E-state index contributed by atoms with van der Waals surface area (Å²) < 4.78 is 3.15. The highest BCUT2D eigenvalue weighted by molar-refractivity contribution is 9.10. The van der Waals surface area contributed by atoms with E-state index in [9.17, 15) is 0 Å². The number of alkyl halides is 1. The molecule has 0 aliphatic carbocycles. The van der Waals surface area contributed by atoms with E-state index in [2.05, 4.69) is 53.5 Å². The van der Waals surface area contributed by atoms with Crippen LogP contribution >= 0.6 is 31.9 Å². The van der Waals surface area contributed by atoms with E-state index < -0.39 is 0 Å². The maximum absolute atomic E-state index is 4.24. The first-order valence-electron chi connectivity index (χ1n) is 5.00. The maximum Gasteiger partial charge on any atom is 0.165 e. The van der Waals surface area contributed by atoms with Crippen LogP contribution in [0.4, 0.5) is 0 Å². The summed E-state index contributed by atoms with van der Waals surface area (Å²) in [7, 11) is 0. The van der Waals surface area contributed by atoms with Gasteiger partial charge in [-0.2, -0.15) is 0 Å². The molecule has 1 aromatic heterocycles. The zero-order valence-corrected chi connectivity index (χ0v) is 12.0. The first-order valence-corrected chi connectivity index (χ1v) is 6.92. The monoisotopic (exact) mass is 343 g/mol. The molecule has 5 heteroatoms. The average Bonchev–Trinajstić information content (AvgIpc) is 2.72. The molecule has 16 heavy (non-hydrogen) atoms. The molecule has 1 heterocycles. The minimum atomic E-state index is 0.721. The van der Waals surface area contributed by atoms with Crippen LogP contribution < -0.4 is 0 Å². The summed E-state index contributed by atoms with van der Waals surface area (Å²) in [5.41, 5.74) is 1.07. The van der Waals surface area contributed by atoms with Gasteiger partial charge in [-0.15, -0.1) is 10.2 Å². The number of benzene rings is 1. The quantitative estimate of drug-likeness (QED) is 0.796. The minimum absolute atomic E-state index is 0.721. The number of aromatic nitrogens is 3. The number of nitrogens with zero attached hydrogens (tertiary/aromatic N) is 3. The van der Waals surface area contributed by atoms with Crippen molar-refractivity contribution in [2.75, 3.05) is 0 Å². The first-order chi connectivity index (χ1) is 7.77. The van der Waals surface area contributed by atoms with Crippen LogP contribution in [0.5, 0.6) is 0 Å². The second-order valence-electron chi connectivity index (χ2n) is 3.30. The van der Waals surface area contributed by atoms with Crippen LogP contribution in [0.3, 0.4) is 0 Å². The highest BCUT2D eigenvalue weighted by atomic mass is 79.9. The van der Waals surface area contributed by atoms with Gasteiger partial charge < -0.3 is 4.57 Å². The van der Waals surface area contributed by atoms with Crippen LogP contribution in [0.15, 0.2) is 28.7 Å². The van der Waals surface area contributed by atoms with E-state index in [-0.39, 0.29) is 0 Å². The van der Waals surface area contributed by atoms with Gasteiger partial charge in [-0.3, -0.25) is 0 Å². The second kappa shape index (κ2) is 5.10. The predicted molar refractivity (Wildman–Crippen MR) is 71.5 cm³/mol. The minimum Gasteiger partial charge on any atom is -0.311 e. The molecule has 0 saturated heterocycles. The summed E-state index contributed by atoms with van der Waals surface area (Å²) in [6.07, 6.45) is 0. The second-order valence-corrected chi connectivity index (χ2v) is 4.71. The molecule has 2 aromatic rings. The van der Waals surface area contributed by atoms with Gasteiger partial charge in [0.2, 0.25) is 0 Å². The third-order valence-corrected chi connectivity index (χ3v) is 3.57. The number of hydrogen-bond donors (Lipinski definition) is 0. The molecule has 0 bridgehead atoms. The van der Waals surface area contributed by atoms with Crippen molar-refractivity contribution in [3.05, 3.63) is 34.6 Å². The molecule has 2 rings (SSSR count). The zero-order valence-electron chi connectivity index (χ0n) is 8.82. The lowest BCUT2D eigenvalue weighted by atomic mass is 10.2. The average molecular weight is 345 g/mol. The lowest BCUT2D eigenvalue weighted by Crippen LogP contribution is -2.02. The summed E-state index contributed by atoms with van der Waals surface area (Å²) in [6, 6.07) is 8.05. The molecule has 0 radical (unpaired) electrons. The van der Waals surface area contributed by atoms with Gasteiger partial charge in [0.25, 0.3) is 0 Å². The Morgan fingerprint density at radius 1 is 1.25 bits per heavy atom. The molecule has 0 spiro atoms. The normalized spacial score (nSPS) is 10.7. The third-order valence-electron chi connectivity index (χ3n) is 2.38. The third kappa shape index (κ3) is 2.06. The van der Waals surface area contributed by atoms with E-state index in [0.717, 1.165) is 33.6 Å². The molecule has 3 nitrogen and oxygen atoms in total. The van der Waals surface area contributed by atoms with Crippen LogP contribution in [-0.2, 0) is 11.9 Å². The van der Waals surface area contributed by atoms with Gasteiger partial charge in [0.05, 0.1) is 5.33 Å². The molecule has 0 aliphatic rings. The van der Waals surface area contributed by atoms with E-state index in [1.165, 1.54) is 0 Å². The topological polar surface area (TPSA) is 30.7 Å². The Kier molecular flexibility index (Phi) is 3.76. The summed E-state index contributed by atoms with van der Waals surface area (Å²) >= 11 is 6.95. The fourth-order valence-electron chi connectivity index (χ4n) is 1.61. The van der Waals surface area contributed by atoms with Gasteiger partial charge in [-0.1, -0.05) is 50.1 Å². The number of hydrogen-bond acceptors (Lipinski definition) is 2. The van der Waals surface area contributed by atoms with Crippen LogP contribution in [0, 0.1) is 0 Å². The molecule has 0 unspecified atom stereocenters. The van der Waals surface area contributed by atoms with E-state index in [1.54, 1.807) is 0 Å². The Morgan fingerprint density at radius 2 is 2.00 bits per heavy atom. The fraction of sp³-hybridized carbons (Fsp3) is 0.273. The van der Waals surface area contributed by atoms with Crippen LogP contribution in [-0.4, -0.2) is 14.8 Å². The molecular formula is C11H11Br2N3. The Bertz CT molecular complexity index is 494. The maximum atomic E-state index is 4.24. The number of halogens is 2. The fourth-order valence-corrected chi connectivity index (χ4v) is 2.49. The van der Waals surface area contributed by atoms with E-state index in [1.807, 2.05) is 24.3 Å². The highest BCUT2D eigenvalue weighted by Crippen LogP contribution is 2.27. The van der Waals surface area contributed by atoms with Gasteiger partial charge in [0, 0.05) is 16.6 Å². The van der Waals surface area contributed by atoms with E-state index >= 15 is 0 Å². The molecule has 0 N–H and O–H groups in total. The van der Waals surface area contributed by atoms with Gasteiger partial charge in [0.1, 0.15) is 5.82 Å². The standard InChI is InChI=1S/C11H11Br2N3/c1-2-16-10(7-12)14-15-11(16)8-5-3-4-6-9(8)13/h3-6H,2,7H2,1H3. The van der Waals surface area contributed by atoms with Gasteiger partial charge in [-0.05, 0) is 13.0 Å². The molecule has 0 fully saturated rings. The molecular weight excluding hydrogens is 334 g/mol. The van der Waals surface area contributed by atoms with Gasteiger partial charge >= 0.3 is 0 Å². The van der Waals surface area contributed by atoms with Crippen molar-refractivity contribution in [3.8, 4) is 11.4 Å². The lowest BCUT2D eigenvalue weighted by molar-refractivity contribution is 0.733. The molecule has 0 aliphatic heterocycles. The van der Waals surface area contributed by atoms with Crippen LogP contribution in [0.1, 0.15) is 12.7 Å². The van der Waals surface area contributed by atoms with Crippen molar-refractivity contribution in [1.29, 1.82) is 0 Å². The SMILES string of the molecule is CCn1c(CBr)nnc1-c1ccccc1Br. The lowest BCUT2D eigenvalue weighted by Gasteiger charge is -2.07. The Morgan fingerprint density at radius 3 is 2.62 bits per heavy atom. The summed E-state index contributed by atoms with van der Waals surface area (Å²) in [4.78, 5) is 0. The first kappa shape index (κ1) is 11.8. The Labute approximate surface area is 111 Å². The van der Waals surface area contributed by atoms with Crippen molar-refractivity contribution in [2.24, 2.45) is 0 Å². The predicted octanol–water partition coefficient (Wildman–Crippen LogP) is 3.62. The van der Waals surface area contributed by atoms with E-state index in [0.29, 0.717) is 0 Å². The Hall–Kier alpha value is -0.680. The van der Waals surface area contributed by atoms with Crippen molar-refractivity contribution in [3.63, 3.8) is 0 Å². The molecule has 0 saturated carbocycles. The summed E-state index contributed by atoms with van der Waals surface area (Å²) in [5, 5.41) is 9.13. The molecule has 0 atom stereocenters. The van der Waals surface area contributed by atoms with Gasteiger partial charge in [-0.25, -0.2) is 0 Å². The van der Waals surface area contributed by atoms with Crippen LogP contribution in [0.25, 0.3) is 11.4 Å².